The van der Waals surface area contributed by atoms with Crippen LogP contribution in [0.15, 0.2) is 36.4 Å². The molecule has 0 aliphatic carbocycles. The Balaban J connectivity index is 1.79. The fourth-order valence-electron chi connectivity index (χ4n) is 2.74. The Kier molecular flexibility index (Phi) is 4.69. The van der Waals surface area contributed by atoms with Crippen molar-refractivity contribution < 1.29 is 13.2 Å². The molecule has 2 aromatic rings. The molecule has 1 aliphatic heterocycles. The van der Waals surface area contributed by atoms with Gasteiger partial charge < -0.3 is 14.7 Å². The van der Waals surface area contributed by atoms with Crippen molar-refractivity contribution in [1.82, 2.24) is 9.97 Å². The fraction of sp³-hybridized carbons (Fsp3) is 0.412. The third-order valence-electron chi connectivity index (χ3n) is 4.13. The van der Waals surface area contributed by atoms with Gasteiger partial charge in [-0.05, 0) is 12.1 Å². The Morgan fingerprint density at radius 1 is 0.920 bits per heavy atom. The second kappa shape index (κ2) is 6.78. The molecule has 0 atom stereocenters. The van der Waals surface area contributed by atoms with Crippen LogP contribution < -0.4 is 14.7 Å². The summed E-state index contributed by atoms with van der Waals surface area (Å²) in [6.07, 6.45) is -4.49. The molecule has 1 saturated heterocycles. The van der Waals surface area contributed by atoms with Crippen LogP contribution in [0.25, 0.3) is 0 Å². The maximum atomic E-state index is 13.1. The van der Waals surface area contributed by atoms with Crippen LogP contribution in [0.2, 0.25) is 0 Å². The first-order chi connectivity index (χ1) is 11.8. The van der Waals surface area contributed by atoms with Gasteiger partial charge >= 0.3 is 6.18 Å². The van der Waals surface area contributed by atoms with Crippen LogP contribution in [0.4, 0.5) is 30.6 Å². The van der Waals surface area contributed by atoms with E-state index < -0.39 is 11.9 Å². The number of halogens is 3. The van der Waals surface area contributed by atoms with Crippen molar-refractivity contribution in [2.75, 3.05) is 55.0 Å². The van der Waals surface area contributed by atoms with Gasteiger partial charge in [0, 0.05) is 52.0 Å². The molecule has 0 saturated carbocycles. The molecule has 0 radical (unpaired) electrons. The van der Waals surface area contributed by atoms with E-state index in [0.717, 1.165) is 11.8 Å². The Morgan fingerprint density at radius 3 is 2.08 bits per heavy atom. The third-order valence-corrected chi connectivity index (χ3v) is 4.13. The average Bonchev–Trinajstić information content (AvgIpc) is 2.61. The number of anilines is 3. The van der Waals surface area contributed by atoms with E-state index in [9.17, 15) is 13.2 Å². The van der Waals surface area contributed by atoms with Crippen LogP contribution in [0.1, 0.15) is 5.69 Å². The van der Waals surface area contributed by atoms with Gasteiger partial charge in [-0.15, -0.1) is 0 Å². The Labute approximate surface area is 144 Å². The summed E-state index contributed by atoms with van der Waals surface area (Å²) in [6.45, 7) is 2.56. The zero-order valence-electron chi connectivity index (χ0n) is 14.2. The van der Waals surface area contributed by atoms with Crippen LogP contribution >= 0.6 is 0 Å². The first-order valence-electron chi connectivity index (χ1n) is 8.03. The molecule has 2 heterocycles. The molecule has 1 aromatic heterocycles. The van der Waals surface area contributed by atoms with Crippen molar-refractivity contribution in [3.63, 3.8) is 0 Å². The fourth-order valence-corrected chi connectivity index (χ4v) is 2.74. The Hall–Kier alpha value is -2.51. The highest BCUT2D eigenvalue weighted by atomic mass is 19.4. The summed E-state index contributed by atoms with van der Waals surface area (Å²) in [5.41, 5.74) is 0.202. The van der Waals surface area contributed by atoms with Gasteiger partial charge in [0.05, 0.1) is 0 Å². The number of piperazine rings is 1. The van der Waals surface area contributed by atoms with Crippen molar-refractivity contribution in [3.05, 3.63) is 42.1 Å². The largest absolute Gasteiger partial charge is 0.433 e. The highest BCUT2D eigenvalue weighted by Crippen LogP contribution is 2.31. The zero-order chi connectivity index (χ0) is 18.0. The molecular weight excluding hydrogens is 331 g/mol. The van der Waals surface area contributed by atoms with Gasteiger partial charge in [0.2, 0.25) is 5.95 Å². The third kappa shape index (κ3) is 3.94. The number of aromatic nitrogens is 2. The van der Waals surface area contributed by atoms with E-state index >= 15 is 0 Å². The number of hydrogen-bond acceptors (Lipinski definition) is 5. The monoisotopic (exact) mass is 351 g/mol. The van der Waals surface area contributed by atoms with E-state index in [1.54, 1.807) is 19.0 Å². The number of rotatable bonds is 3. The summed E-state index contributed by atoms with van der Waals surface area (Å²) in [4.78, 5) is 13.6. The number of para-hydroxylation sites is 1. The molecule has 0 amide bonds. The molecule has 1 aromatic carbocycles. The van der Waals surface area contributed by atoms with Crippen LogP contribution in [-0.4, -0.2) is 50.2 Å². The van der Waals surface area contributed by atoms with Gasteiger partial charge in [0.1, 0.15) is 5.82 Å². The minimum absolute atomic E-state index is 0.131. The second-order valence-electron chi connectivity index (χ2n) is 6.11. The highest BCUT2D eigenvalue weighted by Gasteiger charge is 2.34. The normalized spacial score (nSPS) is 15.4. The van der Waals surface area contributed by atoms with E-state index in [2.05, 4.69) is 14.9 Å². The standard InChI is InChI=1S/C17H20F3N5/c1-23(2)15-12-14(17(18,19)20)21-16(22-15)25-10-8-24(9-11-25)13-6-4-3-5-7-13/h3-7,12H,8-11H2,1-2H3. The highest BCUT2D eigenvalue weighted by molar-refractivity contribution is 5.50. The van der Waals surface area contributed by atoms with Crippen molar-refractivity contribution >= 4 is 17.5 Å². The predicted octanol–water partition coefficient (Wildman–Crippen LogP) is 2.89. The van der Waals surface area contributed by atoms with Gasteiger partial charge in [0.15, 0.2) is 5.69 Å². The molecule has 0 spiro atoms. The Morgan fingerprint density at radius 2 is 1.52 bits per heavy atom. The summed E-state index contributed by atoms with van der Waals surface area (Å²) < 4.78 is 39.4. The van der Waals surface area contributed by atoms with Crippen LogP contribution in [0.5, 0.6) is 0 Å². The van der Waals surface area contributed by atoms with E-state index in [1.807, 2.05) is 35.2 Å². The van der Waals surface area contributed by atoms with E-state index in [4.69, 9.17) is 0 Å². The summed E-state index contributed by atoms with van der Waals surface area (Å²) in [5, 5.41) is 0. The molecule has 8 heteroatoms. The topological polar surface area (TPSA) is 35.5 Å². The molecule has 1 fully saturated rings. The lowest BCUT2D eigenvalue weighted by atomic mass is 10.2. The van der Waals surface area contributed by atoms with E-state index in [1.165, 1.54) is 0 Å². The number of alkyl halides is 3. The molecule has 0 N–H and O–H groups in total. The minimum Gasteiger partial charge on any atom is -0.368 e. The predicted molar refractivity (Wildman–Crippen MR) is 92.2 cm³/mol. The molecule has 5 nitrogen and oxygen atoms in total. The first kappa shape index (κ1) is 17.3. The number of nitrogens with zero attached hydrogens (tertiary/aromatic N) is 5. The molecule has 0 unspecified atom stereocenters. The SMILES string of the molecule is CN(C)c1cc(C(F)(F)F)nc(N2CCN(c3ccccc3)CC2)n1. The zero-order valence-corrected chi connectivity index (χ0v) is 14.2. The van der Waals surface area contributed by atoms with Crippen molar-refractivity contribution in [2.45, 2.75) is 6.18 Å². The van der Waals surface area contributed by atoms with Gasteiger partial charge in [0.25, 0.3) is 0 Å². The van der Waals surface area contributed by atoms with Gasteiger partial charge in [-0.2, -0.15) is 18.2 Å². The molecule has 25 heavy (non-hydrogen) atoms. The van der Waals surface area contributed by atoms with Crippen LogP contribution in [0, 0.1) is 0 Å². The second-order valence-corrected chi connectivity index (χ2v) is 6.11. The summed E-state index contributed by atoms with van der Waals surface area (Å²) in [6, 6.07) is 10.9. The van der Waals surface area contributed by atoms with Gasteiger partial charge in [-0.1, -0.05) is 18.2 Å². The van der Waals surface area contributed by atoms with E-state index in [0.29, 0.717) is 26.2 Å². The summed E-state index contributed by atoms with van der Waals surface area (Å²) >= 11 is 0. The van der Waals surface area contributed by atoms with Crippen molar-refractivity contribution in [3.8, 4) is 0 Å². The lowest BCUT2D eigenvalue weighted by molar-refractivity contribution is -0.141. The molecule has 3 rings (SSSR count). The van der Waals surface area contributed by atoms with E-state index in [-0.39, 0.29) is 11.8 Å². The maximum Gasteiger partial charge on any atom is 0.433 e. The first-order valence-corrected chi connectivity index (χ1v) is 8.03. The number of hydrogen-bond donors (Lipinski definition) is 0. The minimum atomic E-state index is -4.49. The number of benzene rings is 1. The molecule has 0 bridgehead atoms. The smallest absolute Gasteiger partial charge is 0.368 e. The molecule has 134 valence electrons. The summed E-state index contributed by atoms with van der Waals surface area (Å²) in [7, 11) is 3.33. The van der Waals surface area contributed by atoms with Crippen LogP contribution in [0.3, 0.4) is 0 Å². The Bertz CT molecular complexity index is 710. The quantitative estimate of drug-likeness (QED) is 0.850. The maximum absolute atomic E-state index is 13.1. The van der Waals surface area contributed by atoms with Crippen LogP contribution in [-0.2, 0) is 6.18 Å². The van der Waals surface area contributed by atoms with Gasteiger partial charge in [-0.3, -0.25) is 0 Å². The average molecular weight is 351 g/mol. The molecule has 1 aliphatic rings. The van der Waals surface area contributed by atoms with Crippen molar-refractivity contribution in [2.24, 2.45) is 0 Å². The lowest BCUT2D eigenvalue weighted by Gasteiger charge is -2.36. The summed E-state index contributed by atoms with van der Waals surface area (Å²) in [5.74, 6) is 0.383. The molecular formula is C17H20F3N5. The van der Waals surface area contributed by atoms with Crippen molar-refractivity contribution in [1.29, 1.82) is 0 Å². The lowest BCUT2D eigenvalue weighted by Crippen LogP contribution is -2.47. The van der Waals surface area contributed by atoms with Gasteiger partial charge in [-0.25, -0.2) is 4.98 Å².